The van der Waals surface area contributed by atoms with Crippen molar-refractivity contribution >= 4 is 0 Å². The maximum Gasteiger partial charge on any atom is 0.387 e. The van der Waals surface area contributed by atoms with Crippen LogP contribution < -0.4 is 9.47 Å². The summed E-state index contributed by atoms with van der Waals surface area (Å²) in [4.78, 5) is 0. The minimum Gasteiger partial charge on any atom is -0.493 e. The first-order valence-corrected chi connectivity index (χ1v) is 6.84. The molecular weight excluding hydrogens is 312 g/mol. The molecule has 0 unspecified atom stereocenters. The van der Waals surface area contributed by atoms with Gasteiger partial charge in [-0.3, -0.25) is 0 Å². The highest BCUT2D eigenvalue weighted by Crippen LogP contribution is 2.26. The molecule has 0 saturated carbocycles. The van der Waals surface area contributed by atoms with Crippen molar-refractivity contribution in [2.45, 2.75) is 13.0 Å². The molecule has 2 aromatic rings. The van der Waals surface area contributed by atoms with Crippen molar-refractivity contribution in [3.8, 4) is 22.6 Å². The van der Waals surface area contributed by atoms with Crippen molar-refractivity contribution < 1.29 is 27.0 Å². The van der Waals surface area contributed by atoms with Gasteiger partial charge in [0.1, 0.15) is 11.5 Å². The van der Waals surface area contributed by atoms with E-state index in [-0.39, 0.29) is 18.8 Å². The third-order valence-corrected chi connectivity index (χ3v) is 2.93. The topological polar surface area (TPSA) is 18.5 Å². The number of hydrogen-bond acceptors (Lipinski definition) is 2. The lowest BCUT2D eigenvalue weighted by Gasteiger charge is -2.08. The second-order valence-electron chi connectivity index (χ2n) is 4.56. The number of halogens is 4. The van der Waals surface area contributed by atoms with Gasteiger partial charge in [0.15, 0.2) is 0 Å². The standard InChI is InChI=1S/C17H14F4O2/c18-16(19)5-2-10-22-15-4-1-3-13(11-15)12-6-8-14(9-7-12)23-17(20)21/h1,3-9,11,17H,2,10H2. The van der Waals surface area contributed by atoms with Crippen molar-refractivity contribution in [3.05, 3.63) is 60.7 Å². The molecule has 0 aliphatic rings. The van der Waals surface area contributed by atoms with Gasteiger partial charge in [0, 0.05) is 6.42 Å². The van der Waals surface area contributed by atoms with Crippen LogP contribution in [0.2, 0.25) is 0 Å². The summed E-state index contributed by atoms with van der Waals surface area (Å²) in [5.41, 5.74) is 1.62. The first kappa shape index (κ1) is 16.9. The maximum absolute atomic E-state index is 12.1. The minimum atomic E-state index is -2.86. The van der Waals surface area contributed by atoms with Gasteiger partial charge in [-0.1, -0.05) is 24.3 Å². The largest absolute Gasteiger partial charge is 0.493 e. The Kier molecular flexibility index (Phi) is 6.02. The smallest absolute Gasteiger partial charge is 0.387 e. The first-order valence-electron chi connectivity index (χ1n) is 6.84. The van der Waals surface area contributed by atoms with Crippen LogP contribution in [0.25, 0.3) is 11.1 Å². The van der Waals surface area contributed by atoms with E-state index >= 15 is 0 Å². The molecule has 0 radical (unpaired) electrons. The monoisotopic (exact) mass is 326 g/mol. The molecule has 6 heteroatoms. The van der Waals surface area contributed by atoms with Crippen LogP contribution in [-0.4, -0.2) is 13.2 Å². The zero-order chi connectivity index (χ0) is 16.7. The van der Waals surface area contributed by atoms with Crippen LogP contribution in [0, 0.1) is 0 Å². The summed E-state index contributed by atoms with van der Waals surface area (Å²) in [6.45, 7) is -2.72. The highest BCUT2D eigenvalue weighted by Gasteiger charge is 2.05. The molecule has 2 aromatic carbocycles. The van der Waals surface area contributed by atoms with E-state index in [4.69, 9.17) is 4.74 Å². The number of hydrogen-bond donors (Lipinski definition) is 0. The zero-order valence-electron chi connectivity index (χ0n) is 12.0. The summed E-state index contributed by atoms with van der Waals surface area (Å²) in [6.07, 6.45) is -0.814. The Bertz CT molecular complexity index is 650. The quantitative estimate of drug-likeness (QED) is 0.494. The van der Waals surface area contributed by atoms with E-state index in [9.17, 15) is 17.6 Å². The van der Waals surface area contributed by atoms with E-state index in [1.165, 1.54) is 12.1 Å². The van der Waals surface area contributed by atoms with Crippen LogP contribution in [0.3, 0.4) is 0 Å². The number of ether oxygens (including phenoxy) is 2. The Labute approximate surface area is 131 Å². The number of alkyl halides is 2. The Morgan fingerprint density at radius 2 is 1.70 bits per heavy atom. The summed E-state index contributed by atoms with van der Waals surface area (Å²) >= 11 is 0. The Morgan fingerprint density at radius 1 is 0.957 bits per heavy atom. The van der Waals surface area contributed by atoms with Crippen molar-refractivity contribution in [2.75, 3.05) is 6.61 Å². The fraction of sp³-hybridized carbons (Fsp3) is 0.176. The molecule has 0 aromatic heterocycles. The maximum atomic E-state index is 12.1. The van der Waals surface area contributed by atoms with E-state index in [2.05, 4.69) is 4.74 Å². The number of rotatable bonds is 7. The van der Waals surface area contributed by atoms with E-state index in [1.54, 1.807) is 30.3 Å². The molecule has 0 fully saturated rings. The molecule has 2 nitrogen and oxygen atoms in total. The third kappa shape index (κ3) is 5.65. The van der Waals surface area contributed by atoms with Gasteiger partial charge in [0.2, 0.25) is 0 Å². The van der Waals surface area contributed by atoms with Gasteiger partial charge in [-0.2, -0.15) is 17.6 Å². The van der Waals surface area contributed by atoms with Crippen LogP contribution in [0.1, 0.15) is 6.42 Å². The van der Waals surface area contributed by atoms with Gasteiger partial charge >= 0.3 is 6.61 Å². The average Bonchev–Trinajstić information content (AvgIpc) is 2.52. The molecule has 0 atom stereocenters. The summed E-state index contributed by atoms with van der Waals surface area (Å²) in [6, 6.07) is 13.3. The van der Waals surface area contributed by atoms with E-state index in [0.29, 0.717) is 5.75 Å². The fourth-order valence-electron chi connectivity index (χ4n) is 1.94. The molecule has 0 amide bonds. The van der Waals surface area contributed by atoms with E-state index in [0.717, 1.165) is 17.2 Å². The predicted molar refractivity (Wildman–Crippen MR) is 78.9 cm³/mol. The van der Waals surface area contributed by atoms with Crippen molar-refractivity contribution in [1.82, 2.24) is 0 Å². The Balaban J connectivity index is 2.02. The van der Waals surface area contributed by atoms with Crippen molar-refractivity contribution in [1.29, 1.82) is 0 Å². The lowest BCUT2D eigenvalue weighted by molar-refractivity contribution is -0.0498. The average molecular weight is 326 g/mol. The molecule has 0 bridgehead atoms. The van der Waals surface area contributed by atoms with Gasteiger partial charge in [-0.25, -0.2) is 0 Å². The number of benzene rings is 2. The summed E-state index contributed by atoms with van der Waals surface area (Å²) in [5, 5.41) is 0. The molecule has 0 aliphatic heterocycles. The molecular formula is C17H14F4O2. The second kappa shape index (κ2) is 8.22. The zero-order valence-corrected chi connectivity index (χ0v) is 12.0. The molecule has 0 N–H and O–H groups in total. The van der Waals surface area contributed by atoms with Crippen LogP contribution >= 0.6 is 0 Å². The first-order chi connectivity index (χ1) is 11.0. The van der Waals surface area contributed by atoms with Gasteiger partial charge in [0.05, 0.1) is 6.61 Å². The predicted octanol–water partition coefficient (Wildman–Crippen LogP) is 5.50. The lowest BCUT2D eigenvalue weighted by Crippen LogP contribution is -2.01. The minimum absolute atomic E-state index is 0.0798. The molecule has 0 aliphatic carbocycles. The Morgan fingerprint density at radius 3 is 2.35 bits per heavy atom. The third-order valence-electron chi connectivity index (χ3n) is 2.93. The SMILES string of the molecule is FC(F)=CCCOc1cccc(-c2ccc(OC(F)F)cc2)c1. The highest BCUT2D eigenvalue weighted by atomic mass is 19.3. The molecule has 0 heterocycles. The lowest BCUT2D eigenvalue weighted by atomic mass is 10.1. The van der Waals surface area contributed by atoms with Gasteiger partial charge in [-0.15, -0.1) is 0 Å². The fourth-order valence-corrected chi connectivity index (χ4v) is 1.94. The Hall–Kier alpha value is -2.50. The van der Waals surface area contributed by atoms with Crippen molar-refractivity contribution in [3.63, 3.8) is 0 Å². The molecule has 2 rings (SSSR count). The summed E-state index contributed by atoms with van der Waals surface area (Å²) in [5.74, 6) is 0.624. The molecule has 0 saturated heterocycles. The van der Waals surface area contributed by atoms with Crippen LogP contribution in [0.15, 0.2) is 60.7 Å². The molecule has 122 valence electrons. The highest BCUT2D eigenvalue weighted by molar-refractivity contribution is 5.65. The van der Waals surface area contributed by atoms with Crippen molar-refractivity contribution in [2.24, 2.45) is 0 Å². The van der Waals surface area contributed by atoms with Gasteiger partial charge in [0.25, 0.3) is 6.08 Å². The second-order valence-corrected chi connectivity index (χ2v) is 4.56. The van der Waals surface area contributed by atoms with Crippen LogP contribution in [0.4, 0.5) is 17.6 Å². The summed E-state index contributed by atoms with van der Waals surface area (Å²) in [7, 11) is 0. The van der Waals surface area contributed by atoms with Crippen LogP contribution in [-0.2, 0) is 0 Å². The van der Waals surface area contributed by atoms with E-state index < -0.39 is 12.7 Å². The van der Waals surface area contributed by atoms with E-state index in [1.807, 2.05) is 6.07 Å². The van der Waals surface area contributed by atoms with Gasteiger partial charge in [-0.05, 0) is 41.5 Å². The molecule has 23 heavy (non-hydrogen) atoms. The van der Waals surface area contributed by atoms with Crippen LogP contribution in [0.5, 0.6) is 11.5 Å². The van der Waals surface area contributed by atoms with Gasteiger partial charge < -0.3 is 9.47 Å². The summed E-state index contributed by atoms with van der Waals surface area (Å²) < 4.78 is 57.7. The molecule has 0 spiro atoms. The normalized spacial score (nSPS) is 10.5.